The molecule has 0 aliphatic heterocycles. The second-order valence-electron chi connectivity index (χ2n) is 5.14. The third-order valence-electron chi connectivity index (χ3n) is 4.25. The molecule has 3 rings (SSSR count). The Bertz CT molecular complexity index is 390. The molecule has 0 aromatic carbocycles. The minimum atomic E-state index is 0.532. The molecule has 0 amide bonds. The summed E-state index contributed by atoms with van der Waals surface area (Å²) in [6, 6.07) is 2.73. The van der Waals surface area contributed by atoms with Gasteiger partial charge in [-0.25, -0.2) is 0 Å². The van der Waals surface area contributed by atoms with Crippen LogP contribution in [0.4, 0.5) is 0 Å². The van der Waals surface area contributed by atoms with Gasteiger partial charge in [-0.3, -0.25) is 0 Å². The maximum Gasteiger partial charge on any atom is 0.107 e. The number of hydrogen-bond acceptors (Lipinski definition) is 2. The van der Waals surface area contributed by atoms with Crippen LogP contribution in [0.1, 0.15) is 37.1 Å². The summed E-state index contributed by atoms with van der Waals surface area (Å²) in [6.45, 7) is 3.23. The molecule has 1 heterocycles. The van der Waals surface area contributed by atoms with Crippen molar-refractivity contribution in [2.75, 3.05) is 6.54 Å². The van der Waals surface area contributed by atoms with Gasteiger partial charge >= 0.3 is 0 Å². The van der Waals surface area contributed by atoms with Gasteiger partial charge in [-0.1, -0.05) is 24.9 Å². The summed E-state index contributed by atoms with van der Waals surface area (Å²) in [5.74, 6) is 2.84. The molecular formula is C13H17BrClNS. The van der Waals surface area contributed by atoms with E-state index >= 15 is 0 Å². The van der Waals surface area contributed by atoms with Crippen LogP contribution >= 0.6 is 38.9 Å². The molecule has 1 aromatic heterocycles. The van der Waals surface area contributed by atoms with Gasteiger partial charge in [0.05, 0.1) is 0 Å². The first kappa shape index (κ1) is 12.5. The first-order chi connectivity index (χ1) is 8.22. The van der Waals surface area contributed by atoms with Gasteiger partial charge in [0.25, 0.3) is 0 Å². The van der Waals surface area contributed by atoms with E-state index in [1.807, 2.05) is 0 Å². The summed E-state index contributed by atoms with van der Waals surface area (Å²) >= 11 is 11.4. The van der Waals surface area contributed by atoms with E-state index in [9.17, 15) is 0 Å². The minimum Gasteiger partial charge on any atom is -0.309 e. The van der Waals surface area contributed by atoms with Gasteiger partial charge in [0, 0.05) is 15.4 Å². The van der Waals surface area contributed by atoms with Crippen molar-refractivity contribution in [3.63, 3.8) is 0 Å². The van der Waals surface area contributed by atoms with E-state index in [0.29, 0.717) is 6.04 Å². The zero-order valence-corrected chi connectivity index (χ0v) is 13.0. The molecule has 2 saturated carbocycles. The Labute approximate surface area is 120 Å². The molecule has 1 nitrogen and oxygen atoms in total. The Balaban J connectivity index is 1.80. The predicted octanol–water partition coefficient (Wildman–Crippen LogP) is 4.86. The number of rotatable bonds is 4. The van der Waals surface area contributed by atoms with E-state index in [2.05, 4.69) is 34.2 Å². The van der Waals surface area contributed by atoms with Gasteiger partial charge in [0.15, 0.2) is 0 Å². The molecule has 0 spiro atoms. The van der Waals surface area contributed by atoms with Gasteiger partial charge in [0.1, 0.15) is 4.34 Å². The largest absolute Gasteiger partial charge is 0.309 e. The lowest BCUT2D eigenvalue weighted by Gasteiger charge is -2.18. The standard InChI is InChI=1S/C13H17BrClNS/c1-2-16-12(10-6-9(14)13(15)17-10)11-7-4-3-5-8(7)11/h6-8,11-12,16H,2-5H2,1H3. The Kier molecular flexibility index (Phi) is 3.55. The topological polar surface area (TPSA) is 12.0 Å². The van der Waals surface area contributed by atoms with Crippen LogP contribution in [0.5, 0.6) is 0 Å². The summed E-state index contributed by atoms with van der Waals surface area (Å²) in [6.07, 6.45) is 4.33. The third-order valence-corrected chi connectivity index (χ3v) is 6.81. The summed E-state index contributed by atoms with van der Waals surface area (Å²) in [5, 5.41) is 3.66. The second kappa shape index (κ2) is 4.84. The predicted molar refractivity (Wildman–Crippen MR) is 77.8 cm³/mol. The van der Waals surface area contributed by atoms with Gasteiger partial charge in [-0.2, -0.15) is 0 Å². The van der Waals surface area contributed by atoms with Crippen molar-refractivity contribution in [1.29, 1.82) is 0 Å². The van der Waals surface area contributed by atoms with E-state index in [1.165, 1.54) is 24.1 Å². The zero-order chi connectivity index (χ0) is 12.0. The van der Waals surface area contributed by atoms with Crippen LogP contribution in [0.15, 0.2) is 10.5 Å². The fourth-order valence-electron chi connectivity index (χ4n) is 3.53. The van der Waals surface area contributed by atoms with Crippen molar-refractivity contribution >= 4 is 38.9 Å². The Hall–Kier alpha value is 0.430. The fraction of sp³-hybridized carbons (Fsp3) is 0.692. The number of nitrogens with one attached hydrogen (secondary N) is 1. The van der Waals surface area contributed by atoms with E-state index in [1.54, 1.807) is 11.3 Å². The average molecular weight is 335 g/mol. The van der Waals surface area contributed by atoms with Crippen molar-refractivity contribution in [3.05, 3.63) is 19.8 Å². The van der Waals surface area contributed by atoms with Crippen LogP contribution in [0.3, 0.4) is 0 Å². The quantitative estimate of drug-likeness (QED) is 0.829. The molecule has 2 aliphatic carbocycles. The molecule has 17 heavy (non-hydrogen) atoms. The monoisotopic (exact) mass is 333 g/mol. The molecule has 4 heteroatoms. The normalized spacial score (nSPS) is 32.5. The van der Waals surface area contributed by atoms with E-state index in [4.69, 9.17) is 11.6 Å². The molecule has 94 valence electrons. The van der Waals surface area contributed by atoms with Crippen LogP contribution in [-0.2, 0) is 0 Å². The molecule has 1 N–H and O–H groups in total. The smallest absolute Gasteiger partial charge is 0.107 e. The molecule has 0 bridgehead atoms. The molecule has 3 atom stereocenters. The maximum atomic E-state index is 6.16. The summed E-state index contributed by atoms with van der Waals surface area (Å²) in [7, 11) is 0. The van der Waals surface area contributed by atoms with Crippen molar-refractivity contribution < 1.29 is 0 Å². The number of hydrogen-bond donors (Lipinski definition) is 1. The van der Waals surface area contributed by atoms with Gasteiger partial charge < -0.3 is 5.32 Å². The molecule has 3 unspecified atom stereocenters. The molecule has 0 saturated heterocycles. The minimum absolute atomic E-state index is 0.532. The molecule has 0 radical (unpaired) electrons. The van der Waals surface area contributed by atoms with Gasteiger partial charge in [-0.05, 0) is 59.1 Å². The Morgan fingerprint density at radius 2 is 2.24 bits per heavy atom. The lowest BCUT2D eigenvalue weighted by molar-refractivity contribution is 0.431. The molecule has 1 aromatic rings. The number of fused-ring (bicyclic) bond motifs is 1. The van der Waals surface area contributed by atoms with Crippen LogP contribution in [0, 0.1) is 17.8 Å². The van der Waals surface area contributed by atoms with Gasteiger partial charge in [-0.15, -0.1) is 11.3 Å². The maximum absolute atomic E-state index is 6.16. The molecule has 2 aliphatic rings. The van der Waals surface area contributed by atoms with Crippen molar-refractivity contribution in [3.8, 4) is 0 Å². The highest BCUT2D eigenvalue weighted by Gasteiger charge is 2.56. The lowest BCUT2D eigenvalue weighted by atomic mass is 10.0. The first-order valence-electron chi connectivity index (χ1n) is 6.40. The zero-order valence-electron chi connectivity index (χ0n) is 9.88. The van der Waals surface area contributed by atoms with Crippen molar-refractivity contribution in [1.82, 2.24) is 5.32 Å². The highest BCUT2D eigenvalue weighted by atomic mass is 79.9. The summed E-state index contributed by atoms with van der Waals surface area (Å²) in [4.78, 5) is 1.41. The van der Waals surface area contributed by atoms with Crippen LogP contribution < -0.4 is 5.32 Å². The number of thiophene rings is 1. The van der Waals surface area contributed by atoms with Crippen LogP contribution in [-0.4, -0.2) is 6.54 Å². The lowest BCUT2D eigenvalue weighted by Crippen LogP contribution is -2.23. The van der Waals surface area contributed by atoms with Crippen molar-refractivity contribution in [2.24, 2.45) is 17.8 Å². The first-order valence-corrected chi connectivity index (χ1v) is 8.39. The molecule has 2 fully saturated rings. The SMILES string of the molecule is CCNC(c1cc(Br)c(Cl)s1)C1C2CCCC21. The second-order valence-corrected chi connectivity index (χ2v) is 7.68. The molecular weight excluding hydrogens is 318 g/mol. The summed E-state index contributed by atoms with van der Waals surface area (Å²) in [5.41, 5.74) is 0. The van der Waals surface area contributed by atoms with Crippen LogP contribution in [0.2, 0.25) is 4.34 Å². The fourth-order valence-corrected chi connectivity index (χ4v) is 5.40. The summed E-state index contributed by atoms with van der Waals surface area (Å²) < 4.78 is 1.93. The van der Waals surface area contributed by atoms with Gasteiger partial charge in [0.2, 0.25) is 0 Å². The van der Waals surface area contributed by atoms with E-state index < -0.39 is 0 Å². The average Bonchev–Trinajstić information content (AvgIpc) is 2.66. The highest BCUT2D eigenvalue weighted by molar-refractivity contribution is 9.10. The number of halogens is 2. The Morgan fingerprint density at radius 3 is 2.76 bits per heavy atom. The third kappa shape index (κ3) is 2.20. The van der Waals surface area contributed by atoms with Crippen LogP contribution in [0.25, 0.3) is 0 Å². The Morgan fingerprint density at radius 1 is 1.53 bits per heavy atom. The van der Waals surface area contributed by atoms with Crippen molar-refractivity contribution in [2.45, 2.75) is 32.2 Å². The van der Waals surface area contributed by atoms with E-state index in [0.717, 1.165) is 33.1 Å². The highest BCUT2D eigenvalue weighted by Crippen LogP contribution is 2.62. The van der Waals surface area contributed by atoms with E-state index in [-0.39, 0.29) is 0 Å².